The molecule has 0 spiro atoms. The molecule has 0 bridgehead atoms. The number of unbranched alkanes of at least 4 members (excludes halogenated alkanes) is 6. The topological polar surface area (TPSA) is 52.2 Å². The lowest BCUT2D eigenvalue weighted by Crippen LogP contribution is -2.52. The molecule has 0 saturated heterocycles. The van der Waals surface area contributed by atoms with Crippen LogP contribution in [0.5, 0.6) is 0 Å². The number of rotatable bonds is 10. The third-order valence-electron chi connectivity index (χ3n) is 3.31. The highest BCUT2D eigenvalue weighted by Crippen LogP contribution is 2.08. The number of amides is 1. The van der Waals surface area contributed by atoms with Gasteiger partial charge in [-0.15, -0.1) is 0 Å². The van der Waals surface area contributed by atoms with Crippen molar-refractivity contribution < 1.29 is 9.44 Å². The number of carbonyl (C=O) groups is 1. The first-order chi connectivity index (χ1) is 8.38. The van der Waals surface area contributed by atoms with Crippen LogP contribution < -0.4 is 5.32 Å². The molecule has 108 valence electrons. The van der Waals surface area contributed by atoms with E-state index in [1.807, 2.05) is 0 Å². The largest absolute Gasteiger partial charge is 0.632 e. The van der Waals surface area contributed by atoms with E-state index in [0.717, 1.165) is 12.8 Å². The minimum absolute atomic E-state index is 0.00175. The summed E-state index contributed by atoms with van der Waals surface area (Å²) in [4.78, 5) is 11.6. The number of carbonyl (C=O) groups excluding carboxylic acids is 1. The van der Waals surface area contributed by atoms with Gasteiger partial charge in [0.15, 0.2) is 6.17 Å². The first-order valence-electron chi connectivity index (χ1n) is 7.22. The van der Waals surface area contributed by atoms with Crippen LogP contribution in [0.4, 0.5) is 0 Å². The molecule has 0 saturated carbocycles. The van der Waals surface area contributed by atoms with E-state index in [0.29, 0.717) is 6.42 Å². The highest BCUT2D eigenvalue weighted by molar-refractivity contribution is 5.75. The number of quaternary nitrogens is 1. The molecule has 0 fully saturated rings. The summed E-state index contributed by atoms with van der Waals surface area (Å²) >= 11 is 0. The van der Waals surface area contributed by atoms with Gasteiger partial charge in [-0.05, 0) is 6.42 Å². The van der Waals surface area contributed by atoms with Gasteiger partial charge in [0.1, 0.15) is 0 Å². The average Bonchev–Trinajstić information content (AvgIpc) is 2.26. The van der Waals surface area contributed by atoms with Crippen molar-refractivity contribution in [2.24, 2.45) is 0 Å². The van der Waals surface area contributed by atoms with E-state index in [4.69, 9.17) is 0 Å². The third kappa shape index (κ3) is 9.42. The SMILES string of the molecule is CCCCCCCCCC(=O)NC(C)[N+](C)(C)[O-]. The highest BCUT2D eigenvalue weighted by Gasteiger charge is 2.16. The van der Waals surface area contributed by atoms with Crippen LogP contribution >= 0.6 is 0 Å². The number of nitrogens with one attached hydrogen (secondary N) is 1. The molecule has 0 aromatic carbocycles. The molecule has 1 atom stereocenters. The van der Waals surface area contributed by atoms with Crippen LogP contribution in [-0.4, -0.2) is 30.8 Å². The zero-order chi connectivity index (χ0) is 14.0. The molecule has 0 aromatic heterocycles. The zero-order valence-corrected chi connectivity index (χ0v) is 12.5. The number of hydroxylamine groups is 3. The predicted molar refractivity (Wildman–Crippen MR) is 75.7 cm³/mol. The van der Waals surface area contributed by atoms with Crippen molar-refractivity contribution in [3.8, 4) is 0 Å². The summed E-state index contributed by atoms with van der Waals surface area (Å²) < 4.78 is -0.483. The molecule has 0 aliphatic carbocycles. The first-order valence-corrected chi connectivity index (χ1v) is 7.22. The fourth-order valence-corrected chi connectivity index (χ4v) is 1.70. The summed E-state index contributed by atoms with van der Waals surface area (Å²) in [7, 11) is 3.08. The quantitative estimate of drug-likeness (QED) is 0.283. The fraction of sp³-hybridized carbons (Fsp3) is 0.929. The molecule has 4 nitrogen and oxygen atoms in total. The Morgan fingerprint density at radius 1 is 1.11 bits per heavy atom. The number of nitrogens with zero attached hydrogens (tertiary/aromatic N) is 1. The molecular weight excluding hydrogens is 228 g/mol. The second-order valence-electron chi connectivity index (χ2n) is 5.55. The van der Waals surface area contributed by atoms with Crippen molar-refractivity contribution in [3.63, 3.8) is 0 Å². The maximum absolute atomic E-state index is 11.6. The van der Waals surface area contributed by atoms with Crippen molar-refractivity contribution in [3.05, 3.63) is 5.21 Å². The Labute approximate surface area is 112 Å². The van der Waals surface area contributed by atoms with Gasteiger partial charge in [-0.2, -0.15) is 0 Å². The summed E-state index contributed by atoms with van der Waals surface area (Å²) in [5.41, 5.74) is 0. The standard InChI is InChI=1S/C14H30N2O2/c1-5-6-7-8-9-10-11-12-14(17)15-13(2)16(3,4)18/h13H,5-12H2,1-4H3,(H,15,17). The van der Waals surface area contributed by atoms with Gasteiger partial charge in [0.05, 0.1) is 14.1 Å². The zero-order valence-electron chi connectivity index (χ0n) is 12.5. The van der Waals surface area contributed by atoms with Crippen molar-refractivity contribution in [1.82, 2.24) is 5.32 Å². The highest BCUT2D eigenvalue weighted by atomic mass is 16.5. The Morgan fingerprint density at radius 2 is 1.61 bits per heavy atom. The van der Waals surface area contributed by atoms with Gasteiger partial charge < -0.3 is 15.2 Å². The minimum atomic E-state index is -0.483. The molecule has 18 heavy (non-hydrogen) atoms. The molecule has 1 unspecified atom stereocenters. The van der Waals surface area contributed by atoms with Crippen LogP contribution in [0.25, 0.3) is 0 Å². The lowest BCUT2D eigenvalue weighted by Gasteiger charge is -2.39. The Kier molecular flexibility index (Phi) is 9.02. The van der Waals surface area contributed by atoms with Crippen molar-refractivity contribution in [1.29, 1.82) is 0 Å². The Bertz CT molecular complexity index is 224. The summed E-state index contributed by atoms with van der Waals surface area (Å²) in [6.45, 7) is 3.96. The summed E-state index contributed by atoms with van der Waals surface area (Å²) in [5.74, 6) is -0.00175. The van der Waals surface area contributed by atoms with Gasteiger partial charge >= 0.3 is 0 Å². The van der Waals surface area contributed by atoms with E-state index >= 15 is 0 Å². The van der Waals surface area contributed by atoms with E-state index in [1.54, 1.807) is 21.0 Å². The van der Waals surface area contributed by atoms with E-state index in [9.17, 15) is 10.0 Å². The van der Waals surface area contributed by atoms with Crippen molar-refractivity contribution in [2.75, 3.05) is 14.1 Å². The third-order valence-corrected chi connectivity index (χ3v) is 3.31. The lowest BCUT2D eigenvalue weighted by molar-refractivity contribution is -0.866. The maximum atomic E-state index is 11.6. The first kappa shape index (κ1) is 17.4. The smallest absolute Gasteiger partial charge is 0.224 e. The van der Waals surface area contributed by atoms with Crippen LogP contribution in [0.1, 0.15) is 65.2 Å². The molecule has 0 radical (unpaired) electrons. The molecule has 0 heterocycles. The van der Waals surface area contributed by atoms with Crippen LogP contribution in [0.3, 0.4) is 0 Å². The Hall–Kier alpha value is -0.610. The van der Waals surface area contributed by atoms with Crippen LogP contribution in [0.15, 0.2) is 0 Å². The monoisotopic (exact) mass is 258 g/mol. The maximum Gasteiger partial charge on any atom is 0.224 e. The van der Waals surface area contributed by atoms with Gasteiger partial charge in [0.25, 0.3) is 0 Å². The molecular formula is C14H30N2O2. The second-order valence-corrected chi connectivity index (χ2v) is 5.55. The van der Waals surface area contributed by atoms with E-state index in [2.05, 4.69) is 12.2 Å². The van der Waals surface area contributed by atoms with E-state index in [1.165, 1.54) is 32.1 Å². The van der Waals surface area contributed by atoms with Crippen LogP contribution in [0, 0.1) is 5.21 Å². The van der Waals surface area contributed by atoms with Crippen molar-refractivity contribution in [2.45, 2.75) is 71.4 Å². The van der Waals surface area contributed by atoms with E-state index < -0.39 is 4.65 Å². The number of hydrogen-bond donors (Lipinski definition) is 1. The molecule has 0 aliphatic rings. The molecule has 0 aliphatic heterocycles. The number of hydrogen-bond acceptors (Lipinski definition) is 2. The lowest BCUT2D eigenvalue weighted by atomic mass is 10.1. The van der Waals surface area contributed by atoms with Crippen LogP contribution in [-0.2, 0) is 4.79 Å². The average molecular weight is 258 g/mol. The second kappa shape index (κ2) is 9.34. The Morgan fingerprint density at radius 3 is 2.11 bits per heavy atom. The fourth-order valence-electron chi connectivity index (χ4n) is 1.70. The van der Waals surface area contributed by atoms with E-state index in [-0.39, 0.29) is 12.1 Å². The molecule has 4 heteroatoms. The normalized spacial score (nSPS) is 13.4. The van der Waals surface area contributed by atoms with Gasteiger partial charge in [-0.1, -0.05) is 45.4 Å². The summed E-state index contributed by atoms with van der Waals surface area (Å²) in [6.07, 6.45) is 8.58. The predicted octanol–water partition coefficient (Wildman–Crippen LogP) is 3.16. The van der Waals surface area contributed by atoms with Gasteiger partial charge in [0, 0.05) is 13.3 Å². The summed E-state index contributed by atoms with van der Waals surface area (Å²) in [6, 6.07) is 0. The minimum Gasteiger partial charge on any atom is -0.632 e. The van der Waals surface area contributed by atoms with Crippen LogP contribution in [0.2, 0.25) is 0 Å². The molecule has 1 amide bonds. The molecule has 0 aromatic rings. The molecule has 1 N–H and O–H groups in total. The Balaban J connectivity index is 3.48. The van der Waals surface area contributed by atoms with Gasteiger partial charge in [0.2, 0.25) is 5.91 Å². The van der Waals surface area contributed by atoms with Gasteiger partial charge in [-0.3, -0.25) is 4.79 Å². The molecule has 0 rings (SSSR count). The van der Waals surface area contributed by atoms with Gasteiger partial charge in [-0.25, -0.2) is 0 Å². The summed E-state index contributed by atoms with van der Waals surface area (Å²) in [5, 5.41) is 14.3. The van der Waals surface area contributed by atoms with Crippen molar-refractivity contribution >= 4 is 5.91 Å².